The van der Waals surface area contributed by atoms with Gasteiger partial charge in [-0.15, -0.1) is 0 Å². The van der Waals surface area contributed by atoms with Crippen molar-refractivity contribution in [1.29, 1.82) is 0 Å². The summed E-state index contributed by atoms with van der Waals surface area (Å²) in [6.45, 7) is 1.64. The topological polar surface area (TPSA) is 104 Å². The average molecular weight is 356 g/mol. The fourth-order valence-electron chi connectivity index (χ4n) is 2.74. The Bertz CT molecular complexity index is 1070. The van der Waals surface area contributed by atoms with Crippen LogP contribution in [0.1, 0.15) is 26.5 Å². The molecule has 4 rings (SSSR count). The van der Waals surface area contributed by atoms with E-state index in [-0.39, 0.29) is 34.8 Å². The summed E-state index contributed by atoms with van der Waals surface area (Å²) in [6, 6.07) is 7.28. The number of hydrogen-bond acceptors (Lipinski definition) is 5. The summed E-state index contributed by atoms with van der Waals surface area (Å²) < 4.78 is 29.8. The predicted octanol–water partition coefficient (Wildman–Crippen LogP) is 2.96. The summed E-state index contributed by atoms with van der Waals surface area (Å²) >= 11 is 0. The Balaban J connectivity index is 1.76. The zero-order chi connectivity index (χ0) is 18.4. The van der Waals surface area contributed by atoms with Gasteiger partial charge in [-0.3, -0.25) is 9.59 Å². The summed E-state index contributed by atoms with van der Waals surface area (Å²) in [5, 5.41) is 2.82. The number of rotatable bonds is 3. The molecule has 0 saturated heterocycles. The Hall–Kier alpha value is -3.55. The number of anilines is 1. The first-order chi connectivity index (χ1) is 12.4. The van der Waals surface area contributed by atoms with Crippen LogP contribution in [0.4, 0.5) is 10.1 Å². The number of benzene rings is 2. The Kier molecular flexibility index (Phi) is 3.54. The molecule has 1 aliphatic heterocycles. The number of ether oxygens (including phenoxy) is 2. The van der Waals surface area contributed by atoms with Crippen molar-refractivity contribution in [2.24, 2.45) is 5.73 Å². The number of halogens is 1. The molecular weight excluding hydrogens is 343 g/mol. The molecule has 2 amide bonds. The highest BCUT2D eigenvalue weighted by Gasteiger charge is 2.23. The van der Waals surface area contributed by atoms with Crippen LogP contribution in [0.2, 0.25) is 0 Å². The second kappa shape index (κ2) is 5.76. The molecule has 0 saturated carbocycles. The van der Waals surface area contributed by atoms with Crippen LogP contribution in [0, 0.1) is 12.7 Å². The molecule has 1 aliphatic rings. The maximum atomic E-state index is 13.9. The van der Waals surface area contributed by atoms with Crippen LogP contribution >= 0.6 is 0 Å². The number of amides is 2. The van der Waals surface area contributed by atoms with Crippen LogP contribution in [0.25, 0.3) is 11.0 Å². The lowest BCUT2D eigenvalue weighted by Gasteiger charge is -2.06. The number of nitrogens with two attached hydrogens (primary N) is 1. The summed E-state index contributed by atoms with van der Waals surface area (Å²) in [6.07, 6.45) is 0. The molecular formula is C18H13FN2O5. The minimum absolute atomic E-state index is 0.0223. The van der Waals surface area contributed by atoms with Gasteiger partial charge in [0.2, 0.25) is 12.6 Å². The highest BCUT2D eigenvalue weighted by molar-refractivity contribution is 6.14. The number of nitrogens with one attached hydrogen (secondary N) is 1. The molecule has 2 heterocycles. The molecule has 3 aromatic rings. The molecule has 8 heteroatoms. The standard InChI is InChI=1S/C18H13FN2O5/c1-8-4-13-10(6-11(8)19)15(16(26-13)17(20)22)21-18(23)9-2-3-12-14(5-9)25-7-24-12/h2-6H,7H2,1H3,(H2,20,22)(H,21,23). The first-order valence-electron chi connectivity index (χ1n) is 7.67. The molecule has 26 heavy (non-hydrogen) atoms. The van der Waals surface area contributed by atoms with Crippen molar-refractivity contribution in [1.82, 2.24) is 0 Å². The van der Waals surface area contributed by atoms with Gasteiger partial charge in [0.15, 0.2) is 11.5 Å². The van der Waals surface area contributed by atoms with Crippen molar-refractivity contribution in [2.45, 2.75) is 6.92 Å². The molecule has 0 radical (unpaired) electrons. The zero-order valence-corrected chi connectivity index (χ0v) is 13.6. The van der Waals surface area contributed by atoms with Crippen molar-refractivity contribution in [3.63, 3.8) is 0 Å². The highest BCUT2D eigenvalue weighted by Crippen LogP contribution is 2.35. The quantitative estimate of drug-likeness (QED) is 0.751. The number of carbonyl (C=O) groups is 2. The van der Waals surface area contributed by atoms with Crippen LogP contribution in [-0.2, 0) is 0 Å². The molecule has 0 unspecified atom stereocenters. The highest BCUT2D eigenvalue weighted by atomic mass is 19.1. The molecule has 7 nitrogen and oxygen atoms in total. The molecule has 3 N–H and O–H groups in total. The van der Waals surface area contributed by atoms with E-state index in [0.717, 1.165) is 0 Å². The van der Waals surface area contributed by atoms with Crippen molar-refractivity contribution >= 4 is 28.5 Å². The van der Waals surface area contributed by atoms with Crippen molar-refractivity contribution in [2.75, 3.05) is 12.1 Å². The van der Waals surface area contributed by atoms with Crippen LogP contribution in [0.5, 0.6) is 11.5 Å². The fourth-order valence-corrected chi connectivity index (χ4v) is 2.74. The minimum atomic E-state index is -0.875. The Morgan fingerprint density at radius 3 is 2.69 bits per heavy atom. The minimum Gasteiger partial charge on any atom is -0.454 e. The van der Waals surface area contributed by atoms with E-state index < -0.39 is 17.6 Å². The molecule has 132 valence electrons. The van der Waals surface area contributed by atoms with Crippen LogP contribution in [0.3, 0.4) is 0 Å². The van der Waals surface area contributed by atoms with Gasteiger partial charge in [-0.1, -0.05) is 0 Å². The number of carbonyl (C=O) groups excluding carboxylic acids is 2. The second-order valence-corrected chi connectivity index (χ2v) is 5.79. The van der Waals surface area contributed by atoms with Gasteiger partial charge in [0, 0.05) is 10.9 Å². The van der Waals surface area contributed by atoms with Gasteiger partial charge in [-0.2, -0.15) is 0 Å². The van der Waals surface area contributed by atoms with Crippen LogP contribution in [0.15, 0.2) is 34.7 Å². The third-order valence-corrected chi connectivity index (χ3v) is 4.07. The number of primary amides is 1. The van der Waals surface area contributed by atoms with Crippen LogP contribution in [-0.4, -0.2) is 18.6 Å². The average Bonchev–Trinajstić information content (AvgIpc) is 3.20. The lowest BCUT2D eigenvalue weighted by Crippen LogP contribution is -2.17. The first-order valence-corrected chi connectivity index (χ1v) is 7.67. The molecule has 2 aromatic carbocycles. The normalized spacial score (nSPS) is 12.4. The number of hydrogen-bond donors (Lipinski definition) is 2. The van der Waals surface area contributed by atoms with Gasteiger partial charge in [0.05, 0.1) is 0 Å². The van der Waals surface area contributed by atoms with E-state index in [1.807, 2.05) is 0 Å². The van der Waals surface area contributed by atoms with Crippen molar-refractivity contribution < 1.29 is 27.9 Å². The summed E-state index contributed by atoms with van der Waals surface area (Å²) in [4.78, 5) is 24.3. The third kappa shape index (κ3) is 2.52. The van der Waals surface area contributed by atoms with Crippen LogP contribution < -0.4 is 20.5 Å². The second-order valence-electron chi connectivity index (χ2n) is 5.79. The van der Waals surface area contributed by atoms with Crippen molar-refractivity contribution in [3.8, 4) is 11.5 Å². The Labute approximate surface area is 146 Å². The molecule has 0 fully saturated rings. The van der Waals surface area contributed by atoms with E-state index in [0.29, 0.717) is 17.1 Å². The molecule has 0 atom stereocenters. The predicted molar refractivity (Wildman–Crippen MR) is 89.9 cm³/mol. The first kappa shape index (κ1) is 15.9. The van der Waals surface area contributed by atoms with Gasteiger partial charge < -0.3 is 24.9 Å². The fraction of sp³-hybridized carbons (Fsp3) is 0.111. The van der Waals surface area contributed by atoms with E-state index in [1.165, 1.54) is 18.2 Å². The number of furan rings is 1. The zero-order valence-electron chi connectivity index (χ0n) is 13.6. The lowest BCUT2D eigenvalue weighted by atomic mass is 10.1. The number of fused-ring (bicyclic) bond motifs is 2. The summed E-state index contributed by atoms with van der Waals surface area (Å²) in [5.74, 6) is -1.18. The van der Waals surface area contributed by atoms with Gasteiger partial charge >= 0.3 is 0 Å². The molecule has 0 spiro atoms. The largest absolute Gasteiger partial charge is 0.454 e. The maximum Gasteiger partial charge on any atom is 0.286 e. The smallest absolute Gasteiger partial charge is 0.286 e. The lowest BCUT2D eigenvalue weighted by molar-refractivity contribution is 0.0977. The van der Waals surface area contributed by atoms with Gasteiger partial charge in [-0.05, 0) is 42.8 Å². The van der Waals surface area contributed by atoms with E-state index in [2.05, 4.69) is 5.32 Å². The van der Waals surface area contributed by atoms with Gasteiger partial charge in [0.1, 0.15) is 17.1 Å². The molecule has 1 aromatic heterocycles. The van der Waals surface area contributed by atoms with E-state index in [4.69, 9.17) is 19.6 Å². The summed E-state index contributed by atoms with van der Waals surface area (Å²) in [5.41, 5.74) is 6.21. The molecule has 0 aliphatic carbocycles. The van der Waals surface area contributed by atoms with Crippen molar-refractivity contribution in [3.05, 3.63) is 53.0 Å². The van der Waals surface area contributed by atoms with Gasteiger partial charge in [-0.25, -0.2) is 4.39 Å². The van der Waals surface area contributed by atoms with Gasteiger partial charge in [0.25, 0.3) is 11.8 Å². The summed E-state index contributed by atoms with van der Waals surface area (Å²) in [7, 11) is 0. The Morgan fingerprint density at radius 2 is 1.92 bits per heavy atom. The molecule has 0 bridgehead atoms. The third-order valence-electron chi connectivity index (χ3n) is 4.07. The van der Waals surface area contributed by atoms with E-state index in [9.17, 15) is 14.0 Å². The van der Waals surface area contributed by atoms with E-state index in [1.54, 1.807) is 19.1 Å². The number of aryl methyl sites for hydroxylation is 1. The maximum absolute atomic E-state index is 13.9. The Morgan fingerprint density at radius 1 is 1.15 bits per heavy atom. The van der Waals surface area contributed by atoms with E-state index >= 15 is 0 Å². The monoisotopic (exact) mass is 356 g/mol. The SMILES string of the molecule is Cc1cc2oc(C(N)=O)c(NC(=O)c3ccc4c(c3)OCO4)c2cc1F.